The van der Waals surface area contributed by atoms with Crippen molar-refractivity contribution in [2.45, 2.75) is 38.3 Å². The SMILES string of the molecule is CCNC(CC1CCCO1)c1cc(OC)c(OC)cc1F. The van der Waals surface area contributed by atoms with Crippen LogP contribution in [-0.4, -0.2) is 33.5 Å². The number of methoxy groups -OCH3 is 2. The van der Waals surface area contributed by atoms with E-state index in [-0.39, 0.29) is 18.0 Å². The second-order valence-corrected chi connectivity index (χ2v) is 5.21. The largest absolute Gasteiger partial charge is 0.493 e. The number of halogens is 1. The Morgan fingerprint density at radius 3 is 2.62 bits per heavy atom. The van der Waals surface area contributed by atoms with Crippen LogP contribution in [0, 0.1) is 5.82 Å². The minimum atomic E-state index is -0.281. The second-order valence-electron chi connectivity index (χ2n) is 5.21. The highest BCUT2D eigenvalue weighted by molar-refractivity contribution is 5.44. The van der Waals surface area contributed by atoms with Gasteiger partial charge in [-0.1, -0.05) is 6.92 Å². The molecule has 1 aromatic rings. The van der Waals surface area contributed by atoms with E-state index in [2.05, 4.69) is 5.32 Å². The molecule has 2 atom stereocenters. The van der Waals surface area contributed by atoms with Crippen LogP contribution >= 0.6 is 0 Å². The van der Waals surface area contributed by atoms with Gasteiger partial charge in [0.15, 0.2) is 11.5 Å². The molecule has 1 N–H and O–H groups in total. The Labute approximate surface area is 125 Å². The number of hydrogen-bond acceptors (Lipinski definition) is 4. The normalized spacial score (nSPS) is 19.5. The summed E-state index contributed by atoms with van der Waals surface area (Å²) >= 11 is 0. The first-order valence-corrected chi connectivity index (χ1v) is 7.46. The summed E-state index contributed by atoms with van der Waals surface area (Å²) in [7, 11) is 3.06. The van der Waals surface area contributed by atoms with Gasteiger partial charge in [0.1, 0.15) is 5.82 Å². The lowest BCUT2D eigenvalue weighted by atomic mass is 9.98. The third kappa shape index (κ3) is 3.86. The van der Waals surface area contributed by atoms with Gasteiger partial charge < -0.3 is 19.5 Å². The number of ether oxygens (including phenoxy) is 3. The molecule has 1 heterocycles. The van der Waals surface area contributed by atoms with E-state index in [9.17, 15) is 4.39 Å². The average Bonchev–Trinajstić information content (AvgIpc) is 2.99. The number of nitrogens with one attached hydrogen (secondary N) is 1. The molecule has 1 saturated heterocycles. The lowest BCUT2D eigenvalue weighted by Crippen LogP contribution is -2.26. The molecule has 21 heavy (non-hydrogen) atoms. The third-order valence-electron chi connectivity index (χ3n) is 3.85. The first-order valence-electron chi connectivity index (χ1n) is 7.46. The molecule has 0 amide bonds. The zero-order valence-electron chi connectivity index (χ0n) is 12.9. The van der Waals surface area contributed by atoms with Crippen molar-refractivity contribution in [2.75, 3.05) is 27.4 Å². The fourth-order valence-electron chi connectivity index (χ4n) is 2.80. The van der Waals surface area contributed by atoms with Gasteiger partial charge in [0, 0.05) is 24.3 Å². The molecule has 0 spiro atoms. The minimum absolute atomic E-state index is 0.0853. The smallest absolute Gasteiger partial charge is 0.163 e. The maximum atomic E-state index is 14.4. The van der Waals surface area contributed by atoms with Crippen LogP contribution in [0.3, 0.4) is 0 Å². The molecule has 1 fully saturated rings. The lowest BCUT2D eigenvalue weighted by Gasteiger charge is -2.23. The molecule has 0 radical (unpaired) electrons. The predicted octanol–water partition coefficient (Wildman–Crippen LogP) is 3.06. The molecule has 1 aromatic carbocycles. The van der Waals surface area contributed by atoms with E-state index >= 15 is 0 Å². The Kier molecular flexibility index (Phi) is 5.82. The first-order chi connectivity index (χ1) is 10.2. The minimum Gasteiger partial charge on any atom is -0.493 e. The zero-order chi connectivity index (χ0) is 15.2. The lowest BCUT2D eigenvalue weighted by molar-refractivity contribution is 0.0943. The van der Waals surface area contributed by atoms with Gasteiger partial charge in [0.05, 0.1) is 20.3 Å². The molecule has 0 bridgehead atoms. The van der Waals surface area contributed by atoms with Gasteiger partial charge in [-0.05, 0) is 31.9 Å². The highest BCUT2D eigenvalue weighted by atomic mass is 19.1. The van der Waals surface area contributed by atoms with Crippen molar-refractivity contribution in [1.82, 2.24) is 5.32 Å². The van der Waals surface area contributed by atoms with Gasteiger partial charge in [-0.3, -0.25) is 0 Å². The van der Waals surface area contributed by atoms with Crippen LogP contribution in [-0.2, 0) is 4.74 Å². The Balaban J connectivity index is 2.25. The van der Waals surface area contributed by atoms with Crippen LogP contribution in [0.1, 0.15) is 37.8 Å². The summed E-state index contributed by atoms with van der Waals surface area (Å²) in [5.41, 5.74) is 0.602. The van der Waals surface area contributed by atoms with Crippen LogP contribution < -0.4 is 14.8 Å². The second kappa shape index (κ2) is 7.61. The average molecular weight is 297 g/mol. The maximum absolute atomic E-state index is 14.4. The zero-order valence-corrected chi connectivity index (χ0v) is 12.9. The molecule has 0 saturated carbocycles. The van der Waals surface area contributed by atoms with Gasteiger partial charge in [-0.15, -0.1) is 0 Å². The van der Waals surface area contributed by atoms with Crippen molar-refractivity contribution < 1.29 is 18.6 Å². The molecule has 1 aliphatic rings. The summed E-state index contributed by atoms with van der Waals surface area (Å²) in [4.78, 5) is 0. The van der Waals surface area contributed by atoms with Gasteiger partial charge in [-0.2, -0.15) is 0 Å². The van der Waals surface area contributed by atoms with E-state index in [1.807, 2.05) is 6.92 Å². The standard InChI is InChI=1S/C16H24FNO3/c1-4-18-14(8-11-6-5-7-21-11)12-9-15(19-2)16(20-3)10-13(12)17/h9-11,14,18H,4-8H2,1-3H3. The van der Waals surface area contributed by atoms with E-state index in [0.29, 0.717) is 17.1 Å². The van der Waals surface area contributed by atoms with E-state index in [4.69, 9.17) is 14.2 Å². The molecular formula is C16H24FNO3. The fraction of sp³-hybridized carbons (Fsp3) is 0.625. The van der Waals surface area contributed by atoms with Crippen LogP contribution in [0.25, 0.3) is 0 Å². The maximum Gasteiger partial charge on any atom is 0.163 e. The first kappa shape index (κ1) is 16.0. The number of rotatable bonds is 7. The van der Waals surface area contributed by atoms with E-state index in [1.54, 1.807) is 13.2 Å². The van der Waals surface area contributed by atoms with Crippen LogP contribution in [0.4, 0.5) is 4.39 Å². The molecule has 5 heteroatoms. The van der Waals surface area contributed by atoms with Crippen molar-refractivity contribution in [3.05, 3.63) is 23.5 Å². The molecule has 2 rings (SSSR count). The van der Waals surface area contributed by atoms with Crippen molar-refractivity contribution in [3.8, 4) is 11.5 Å². The summed E-state index contributed by atoms with van der Waals surface area (Å²) in [5.74, 6) is 0.673. The van der Waals surface area contributed by atoms with Crippen LogP contribution in [0.15, 0.2) is 12.1 Å². The molecule has 1 aliphatic heterocycles. The van der Waals surface area contributed by atoms with E-state index in [0.717, 1.165) is 32.4 Å². The molecule has 118 valence electrons. The fourth-order valence-corrected chi connectivity index (χ4v) is 2.80. The molecule has 0 aliphatic carbocycles. The molecule has 0 aromatic heterocycles. The predicted molar refractivity (Wildman–Crippen MR) is 79.5 cm³/mol. The molecule has 4 nitrogen and oxygen atoms in total. The Hall–Kier alpha value is -1.33. The summed E-state index contributed by atoms with van der Waals surface area (Å²) in [5, 5.41) is 3.34. The summed E-state index contributed by atoms with van der Waals surface area (Å²) in [6.07, 6.45) is 3.08. The van der Waals surface area contributed by atoms with Crippen molar-refractivity contribution in [2.24, 2.45) is 0 Å². The van der Waals surface area contributed by atoms with Gasteiger partial charge >= 0.3 is 0 Å². The Bertz CT molecular complexity index is 461. The molecule has 2 unspecified atom stereocenters. The van der Waals surface area contributed by atoms with E-state index < -0.39 is 0 Å². The summed E-state index contributed by atoms with van der Waals surface area (Å²) in [6, 6.07) is 3.02. The topological polar surface area (TPSA) is 39.7 Å². The van der Waals surface area contributed by atoms with Gasteiger partial charge in [-0.25, -0.2) is 4.39 Å². The van der Waals surface area contributed by atoms with Crippen molar-refractivity contribution in [1.29, 1.82) is 0 Å². The Morgan fingerprint density at radius 1 is 1.33 bits per heavy atom. The highest BCUT2D eigenvalue weighted by Gasteiger charge is 2.24. The van der Waals surface area contributed by atoms with Gasteiger partial charge in [0.2, 0.25) is 0 Å². The third-order valence-corrected chi connectivity index (χ3v) is 3.85. The van der Waals surface area contributed by atoms with Gasteiger partial charge in [0.25, 0.3) is 0 Å². The number of hydrogen-bond donors (Lipinski definition) is 1. The monoisotopic (exact) mass is 297 g/mol. The van der Waals surface area contributed by atoms with E-state index in [1.165, 1.54) is 13.2 Å². The summed E-state index contributed by atoms with van der Waals surface area (Å²) in [6.45, 7) is 3.59. The number of benzene rings is 1. The quantitative estimate of drug-likeness (QED) is 0.839. The molecular weight excluding hydrogens is 273 g/mol. The van der Waals surface area contributed by atoms with Crippen LogP contribution in [0.2, 0.25) is 0 Å². The van der Waals surface area contributed by atoms with Crippen molar-refractivity contribution >= 4 is 0 Å². The Morgan fingerprint density at radius 2 is 2.05 bits per heavy atom. The highest BCUT2D eigenvalue weighted by Crippen LogP contribution is 2.34. The summed E-state index contributed by atoms with van der Waals surface area (Å²) < 4.78 is 30.5. The van der Waals surface area contributed by atoms with Crippen molar-refractivity contribution in [3.63, 3.8) is 0 Å². The van der Waals surface area contributed by atoms with Crippen LogP contribution in [0.5, 0.6) is 11.5 Å².